The van der Waals surface area contributed by atoms with Gasteiger partial charge in [0.1, 0.15) is 0 Å². The van der Waals surface area contributed by atoms with E-state index in [1.165, 1.54) is 21.8 Å². The van der Waals surface area contributed by atoms with Crippen molar-refractivity contribution < 1.29 is 0 Å². The van der Waals surface area contributed by atoms with Gasteiger partial charge in [-0.1, -0.05) is 97.1 Å². The van der Waals surface area contributed by atoms with Crippen LogP contribution in [0.2, 0.25) is 0 Å². The zero-order chi connectivity index (χ0) is 32.2. The summed E-state index contributed by atoms with van der Waals surface area (Å²) in [6.45, 7) is 0. The summed E-state index contributed by atoms with van der Waals surface area (Å²) in [6.07, 6.45) is 0. The van der Waals surface area contributed by atoms with Crippen LogP contribution < -0.4 is 0 Å². The Labute approximate surface area is 277 Å². The first-order valence-corrected chi connectivity index (χ1v) is 15.9. The fourth-order valence-electron chi connectivity index (χ4n) is 7.30. The molecule has 0 spiro atoms. The Kier molecular flexibility index (Phi) is 6.22. The topological polar surface area (TPSA) is 57.4 Å². The molecule has 0 bridgehead atoms. The van der Waals surface area contributed by atoms with Gasteiger partial charge in [-0.05, 0) is 77.4 Å². The second kappa shape index (κ2) is 10.9. The molecular weight excluding hydrogens is 585 g/mol. The molecule has 222 valence electrons. The Balaban J connectivity index is 1.24. The van der Waals surface area contributed by atoms with Crippen LogP contribution in [0.1, 0.15) is 11.1 Å². The minimum absolute atomic E-state index is 0.589. The Morgan fingerprint density at radius 3 is 1.62 bits per heavy atom. The quantitative estimate of drug-likeness (QED) is 0.199. The Morgan fingerprint density at radius 2 is 0.958 bits per heavy atom. The molecule has 2 heterocycles. The number of rotatable bonds is 4. The molecule has 0 atom stereocenters. The number of benzene rings is 7. The van der Waals surface area contributed by atoms with E-state index in [9.17, 15) is 10.5 Å². The van der Waals surface area contributed by atoms with Gasteiger partial charge in [0.05, 0.1) is 51.0 Å². The monoisotopic (exact) mass is 610 g/mol. The van der Waals surface area contributed by atoms with Crippen molar-refractivity contribution in [2.24, 2.45) is 0 Å². The van der Waals surface area contributed by atoms with Crippen LogP contribution in [0.15, 0.2) is 158 Å². The van der Waals surface area contributed by atoms with Crippen LogP contribution in [-0.2, 0) is 0 Å². The minimum atomic E-state index is 0.589. The lowest BCUT2D eigenvalue weighted by molar-refractivity contribution is 1.18. The van der Waals surface area contributed by atoms with E-state index in [0.717, 1.165) is 55.4 Å². The summed E-state index contributed by atoms with van der Waals surface area (Å²) >= 11 is 0. The lowest BCUT2D eigenvalue weighted by atomic mass is 9.94. The van der Waals surface area contributed by atoms with Gasteiger partial charge in [0, 0.05) is 32.8 Å². The largest absolute Gasteiger partial charge is 0.309 e. The maximum atomic E-state index is 10.4. The third-order valence-electron chi connectivity index (χ3n) is 9.38. The van der Waals surface area contributed by atoms with Crippen molar-refractivity contribution in [1.82, 2.24) is 9.13 Å². The van der Waals surface area contributed by atoms with E-state index >= 15 is 0 Å². The van der Waals surface area contributed by atoms with Crippen LogP contribution >= 0.6 is 0 Å². The van der Waals surface area contributed by atoms with Crippen molar-refractivity contribution in [2.45, 2.75) is 0 Å². The number of nitriles is 2. The molecule has 0 saturated heterocycles. The summed E-state index contributed by atoms with van der Waals surface area (Å²) < 4.78 is 4.52. The van der Waals surface area contributed by atoms with E-state index in [0.29, 0.717) is 11.1 Å². The molecule has 4 nitrogen and oxygen atoms in total. The number of para-hydroxylation sites is 3. The van der Waals surface area contributed by atoms with Gasteiger partial charge < -0.3 is 9.13 Å². The third-order valence-corrected chi connectivity index (χ3v) is 9.38. The summed E-state index contributed by atoms with van der Waals surface area (Å²) in [5, 5.41) is 24.8. The SMILES string of the molecule is N#Cc1ccc2c3ccccc3n(-c3cccc(C#N)c3-c3cccc(-c4cccc(-n5c6ccccc6c6ccccc65)c4)c3)c2c1. The van der Waals surface area contributed by atoms with Crippen molar-refractivity contribution in [1.29, 1.82) is 10.5 Å². The molecular formula is C44H26N4. The van der Waals surface area contributed by atoms with Crippen LogP contribution in [0.5, 0.6) is 0 Å². The van der Waals surface area contributed by atoms with Crippen LogP contribution in [0.25, 0.3) is 77.2 Å². The fourth-order valence-corrected chi connectivity index (χ4v) is 7.30. The highest BCUT2D eigenvalue weighted by Crippen LogP contribution is 2.39. The van der Waals surface area contributed by atoms with Gasteiger partial charge in [0.2, 0.25) is 0 Å². The molecule has 0 saturated carbocycles. The molecule has 48 heavy (non-hydrogen) atoms. The maximum Gasteiger partial charge on any atom is 0.0998 e. The smallest absolute Gasteiger partial charge is 0.0998 e. The average molecular weight is 611 g/mol. The average Bonchev–Trinajstić information content (AvgIpc) is 3.67. The highest BCUT2D eigenvalue weighted by atomic mass is 15.0. The van der Waals surface area contributed by atoms with E-state index in [1.807, 2.05) is 42.5 Å². The number of aromatic nitrogens is 2. The summed E-state index contributed by atoms with van der Waals surface area (Å²) in [4.78, 5) is 0. The first-order chi connectivity index (χ1) is 23.7. The molecule has 0 fully saturated rings. The summed E-state index contributed by atoms with van der Waals surface area (Å²) in [6, 6.07) is 58.9. The molecule has 0 unspecified atom stereocenters. The lowest BCUT2D eigenvalue weighted by Gasteiger charge is -2.16. The Hall–Kier alpha value is -6.88. The summed E-state index contributed by atoms with van der Waals surface area (Å²) in [5.41, 5.74) is 11.4. The second-order valence-corrected chi connectivity index (χ2v) is 12.0. The van der Waals surface area contributed by atoms with Crippen LogP contribution in [0.4, 0.5) is 0 Å². The number of hydrogen-bond donors (Lipinski definition) is 0. The molecule has 0 amide bonds. The van der Waals surface area contributed by atoms with Crippen molar-refractivity contribution in [3.05, 3.63) is 169 Å². The summed E-state index contributed by atoms with van der Waals surface area (Å²) in [5.74, 6) is 0. The zero-order valence-electron chi connectivity index (χ0n) is 25.8. The predicted octanol–water partition coefficient (Wildman–Crippen LogP) is 11.0. The van der Waals surface area contributed by atoms with Gasteiger partial charge in [-0.2, -0.15) is 10.5 Å². The van der Waals surface area contributed by atoms with Crippen LogP contribution in [0, 0.1) is 22.7 Å². The van der Waals surface area contributed by atoms with Crippen molar-refractivity contribution >= 4 is 43.6 Å². The van der Waals surface area contributed by atoms with Crippen molar-refractivity contribution in [3.63, 3.8) is 0 Å². The molecule has 0 radical (unpaired) electrons. The normalized spacial score (nSPS) is 11.3. The van der Waals surface area contributed by atoms with Gasteiger partial charge in [-0.3, -0.25) is 0 Å². The van der Waals surface area contributed by atoms with Gasteiger partial charge in [-0.15, -0.1) is 0 Å². The van der Waals surface area contributed by atoms with Gasteiger partial charge in [0.15, 0.2) is 0 Å². The van der Waals surface area contributed by atoms with Gasteiger partial charge in [0.25, 0.3) is 0 Å². The molecule has 7 aromatic carbocycles. The minimum Gasteiger partial charge on any atom is -0.309 e. The molecule has 0 aliphatic rings. The highest BCUT2D eigenvalue weighted by Gasteiger charge is 2.19. The first kappa shape index (κ1) is 27.4. The maximum absolute atomic E-state index is 10.4. The van der Waals surface area contributed by atoms with Crippen LogP contribution in [0.3, 0.4) is 0 Å². The number of nitrogens with zero attached hydrogens (tertiary/aromatic N) is 4. The van der Waals surface area contributed by atoms with Crippen LogP contribution in [-0.4, -0.2) is 9.13 Å². The van der Waals surface area contributed by atoms with E-state index in [-0.39, 0.29) is 0 Å². The Bertz CT molecular complexity index is 2760. The number of hydrogen-bond acceptors (Lipinski definition) is 2. The van der Waals surface area contributed by atoms with E-state index in [2.05, 4.69) is 137 Å². The molecule has 9 rings (SSSR count). The molecule has 2 aromatic heterocycles. The van der Waals surface area contributed by atoms with Crippen molar-refractivity contribution in [2.75, 3.05) is 0 Å². The molecule has 0 aliphatic carbocycles. The van der Waals surface area contributed by atoms with E-state index in [4.69, 9.17) is 0 Å². The standard InChI is InChI=1S/C44H26N4/c45-27-29-22-23-38-37-17-3-6-20-41(37)48(43(38)24-29)42-21-9-13-33(28-46)44(42)32-12-7-10-30(25-32)31-11-8-14-34(26-31)47-39-18-4-1-15-35(39)36-16-2-5-19-40(36)47/h1-26H. The molecule has 9 aromatic rings. The third kappa shape index (κ3) is 4.14. The highest BCUT2D eigenvalue weighted by molar-refractivity contribution is 6.11. The second-order valence-electron chi connectivity index (χ2n) is 12.0. The summed E-state index contributed by atoms with van der Waals surface area (Å²) in [7, 11) is 0. The molecule has 0 N–H and O–H groups in total. The lowest BCUT2D eigenvalue weighted by Crippen LogP contribution is -2.00. The van der Waals surface area contributed by atoms with E-state index in [1.54, 1.807) is 0 Å². The fraction of sp³-hybridized carbons (Fsp3) is 0. The molecule has 4 heteroatoms. The van der Waals surface area contributed by atoms with Crippen molar-refractivity contribution in [3.8, 4) is 45.8 Å². The molecule has 0 aliphatic heterocycles. The Morgan fingerprint density at radius 1 is 0.396 bits per heavy atom. The predicted molar refractivity (Wildman–Crippen MR) is 195 cm³/mol. The van der Waals surface area contributed by atoms with E-state index < -0.39 is 0 Å². The zero-order valence-corrected chi connectivity index (χ0v) is 25.8. The first-order valence-electron chi connectivity index (χ1n) is 15.9. The van der Waals surface area contributed by atoms with Gasteiger partial charge >= 0.3 is 0 Å². The number of fused-ring (bicyclic) bond motifs is 6. The van der Waals surface area contributed by atoms with Gasteiger partial charge in [-0.25, -0.2) is 0 Å².